The van der Waals surface area contributed by atoms with Gasteiger partial charge in [-0.15, -0.1) is 0 Å². The molecule has 2 saturated heterocycles. The van der Waals surface area contributed by atoms with E-state index in [2.05, 4.69) is 22.0 Å². The summed E-state index contributed by atoms with van der Waals surface area (Å²) in [5.74, 6) is 3.94. The zero-order valence-electron chi connectivity index (χ0n) is 19.5. The molecule has 0 aromatic heterocycles. The third kappa shape index (κ3) is 6.40. The van der Waals surface area contributed by atoms with Crippen LogP contribution < -0.4 is 19.5 Å². The molecule has 3 rings (SSSR count). The topological polar surface area (TPSA) is 67.8 Å². The molecular weight excluding hydrogens is 396 g/mol. The molecule has 8 heteroatoms. The van der Waals surface area contributed by atoms with E-state index in [4.69, 9.17) is 23.9 Å². The molecule has 1 atom stereocenters. The molecule has 1 unspecified atom stereocenters. The van der Waals surface area contributed by atoms with E-state index in [1.54, 1.807) is 21.3 Å². The highest BCUT2D eigenvalue weighted by molar-refractivity contribution is 5.80. The maximum atomic E-state index is 5.57. The van der Waals surface area contributed by atoms with Gasteiger partial charge in [-0.3, -0.25) is 9.89 Å². The van der Waals surface area contributed by atoms with Crippen molar-refractivity contribution in [1.29, 1.82) is 0 Å². The summed E-state index contributed by atoms with van der Waals surface area (Å²) in [4.78, 5) is 9.85. The van der Waals surface area contributed by atoms with Gasteiger partial charge in [-0.1, -0.05) is 0 Å². The molecule has 8 nitrogen and oxygen atoms in total. The molecule has 1 aromatic carbocycles. The summed E-state index contributed by atoms with van der Waals surface area (Å²) in [5.41, 5.74) is 1.01. The van der Waals surface area contributed by atoms with Crippen LogP contribution in [0, 0.1) is 5.92 Å². The molecular formula is C23H38N4O4. The first-order valence-electron chi connectivity index (χ1n) is 11.3. The first-order valence-corrected chi connectivity index (χ1v) is 11.3. The smallest absolute Gasteiger partial charge is 0.193 e. The normalized spacial score (nSPS) is 20.1. The average Bonchev–Trinajstić information content (AvgIpc) is 3.27. The molecule has 0 spiro atoms. The van der Waals surface area contributed by atoms with Crippen molar-refractivity contribution < 1.29 is 18.9 Å². The Hall–Kier alpha value is -2.19. The molecule has 0 amide bonds. The molecule has 2 aliphatic rings. The molecule has 0 radical (unpaired) electrons. The molecule has 1 aromatic rings. The summed E-state index contributed by atoms with van der Waals surface area (Å²) in [6.07, 6.45) is 1.94. The predicted octanol–water partition coefficient (Wildman–Crippen LogP) is 1.87. The average molecular weight is 435 g/mol. The van der Waals surface area contributed by atoms with Crippen molar-refractivity contribution in [3.63, 3.8) is 0 Å². The third-order valence-electron chi connectivity index (χ3n) is 5.98. The Morgan fingerprint density at radius 1 is 1.10 bits per heavy atom. The Bertz CT molecular complexity index is 697. The second kappa shape index (κ2) is 12.0. The Morgan fingerprint density at radius 3 is 2.42 bits per heavy atom. The van der Waals surface area contributed by atoms with Crippen LogP contribution in [0.15, 0.2) is 17.1 Å². The second-order valence-electron chi connectivity index (χ2n) is 8.01. The molecule has 0 bridgehead atoms. The number of rotatable bonds is 9. The van der Waals surface area contributed by atoms with Gasteiger partial charge < -0.3 is 29.2 Å². The van der Waals surface area contributed by atoms with Crippen molar-refractivity contribution in [3.05, 3.63) is 17.7 Å². The predicted molar refractivity (Wildman–Crippen MR) is 123 cm³/mol. The molecule has 2 fully saturated rings. The Balaban J connectivity index is 1.61. The minimum absolute atomic E-state index is 0.659. The second-order valence-corrected chi connectivity index (χ2v) is 8.01. The molecule has 0 aliphatic carbocycles. The lowest BCUT2D eigenvalue weighted by Crippen LogP contribution is -2.42. The SMILES string of the molecule is CCNC(=NCCc1c(OC)cc(OC)cc1OC)N1CCC(CN2CCOCC2)C1. The van der Waals surface area contributed by atoms with Crippen molar-refractivity contribution in [1.82, 2.24) is 15.1 Å². The van der Waals surface area contributed by atoms with E-state index in [1.807, 2.05) is 12.1 Å². The molecule has 2 aliphatic heterocycles. The van der Waals surface area contributed by atoms with E-state index in [0.29, 0.717) is 12.5 Å². The summed E-state index contributed by atoms with van der Waals surface area (Å²) < 4.78 is 22.0. The molecule has 31 heavy (non-hydrogen) atoms. The van der Waals surface area contributed by atoms with Crippen LogP contribution in [0.2, 0.25) is 0 Å². The zero-order valence-corrected chi connectivity index (χ0v) is 19.5. The maximum absolute atomic E-state index is 5.57. The standard InChI is InChI=1S/C23H38N4O4/c1-5-24-23(27-9-7-18(17-27)16-26-10-12-31-13-11-26)25-8-6-20-21(29-3)14-19(28-2)15-22(20)30-4/h14-15,18H,5-13,16-17H2,1-4H3,(H,24,25). The van der Waals surface area contributed by atoms with Gasteiger partial charge in [0.2, 0.25) is 0 Å². The van der Waals surface area contributed by atoms with Gasteiger partial charge in [0.1, 0.15) is 17.2 Å². The van der Waals surface area contributed by atoms with E-state index in [0.717, 1.165) is 87.7 Å². The fourth-order valence-corrected chi connectivity index (χ4v) is 4.35. The number of hydrogen-bond acceptors (Lipinski definition) is 6. The van der Waals surface area contributed by atoms with Crippen LogP contribution >= 0.6 is 0 Å². The van der Waals surface area contributed by atoms with Gasteiger partial charge in [0, 0.05) is 63.5 Å². The van der Waals surface area contributed by atoms with Crippen molar-refractivity contribution in [3.8, 4) is 17.2 Å². The highest BCUT2D eigenvalue weighted by Crippen LogP contribution is 2.34. The van der Waals surface area contributed by atoms with Gasteiger partial charge in [-0.05, 0) is 25.7 Å². The van der Waals surface area contributed by atoms with Crippen molar-refractivity contribution >= 4 is 5.96 Å². The highest BCUT2D eigenvalue weighted by atomic mass is 16.5. The Kier molecular flexibility index (Phi) is 9.09. The van der Waals surface area contributed by atoms with E-state index in [1.165, 1.54) is 6.42 Å². The lowest BCUT2D eigenvalue weighted by Gasteiger charge is -2.29. The number of morpholine rings is 1. The first-order chi connectivity index (χ1) is 15.2. The number of nitrogens with zero attached hydrogens (tertiary/aromatic N) is 3. The number of hydrogen-bond donors (Lipinski definition) is 1. The lowest BCUT2D eigenvalue weighted by molar-refractivity contribution is 0.0315. The molecule has 1 N–H and O–H groups in total. The van der Waals surface area contributed by atoms with Gasteiger partial charge in [0.25, 0.3) is 0 Å². The fourth-order valence-electron chi connectivity index (χ4n) is 4.35. The van der Waals surface area contributed by atoms with Crippen LogP contribution in [-0.2, 0) is 11.2 Å². The minimum Gasteiger partial charge on any atom is -0.496 e. The minimum atomic E-state index is 0.659. The number of likely N-dealkylation sites (tertiary alicyclic amines) is 1. The molecule has 0 saturated carbocycles. The summed E-state index contributed by atoms with van der Waals surface area (Å²) >= 11 is 0. The van der Waals surface area contributed by atoms with Crippen LogP contribution in [-0.4, -0.2) is 96.1 Å². The number of ether oxygens (including phenoxy) is 4. The van der Waals surface area contributed by atoms with Crippen LogP contribution in [0.5, 0.6) is 17.2 Å². The summed E-state index contributed by atoms with van der Waals surface area (Å²) in [5, 5.41) is 3.47. The van der Waals surface area contributed by atoms with Gasteiger partial charge in [0.05, 0.1) is 34.5 Å². The third-order valence-corrected chi connectivity index (χ3v) is 5.98. The fraction of sp³-hybridized carbons (Fsp3) is 0.696. The number of guanidine groups is 1. The quantitative estimate of drug-likeness (QED) is 0.470. The highest BCUT2D eigenvalue weighted by Gasteiger charge is 2.27. The monoisotopic (exact) mass is 434 g/mol. The largest absolute Gasteiger partial charge is 0.496 e. The number of methoxy groups -OCH3 is 3. The van der Waals surface area contributed by atoms with E-state index in [9.17, 15) is 0 Å². The summed E-state index contributed by atoms with van der Waals surface area (Å²) in [7, 11) is 4.98. The number of benzene rings is 1. The van der Waals surface area contributed by atoms with Gasteiger partial charge in [-0.25, -0.2) is 0 Å². The van der Waals surface area contributed by atoms with Crippen molar-refractivity contribution in [2.75, 3.05) is 80.4 Å². The molecule has 2 heterocycles. The summed E-state index contributed by atoms with van der Waals surface area (Å²) in [6, 6.07) is 3.78. The van der Waals surface area contributed by atoms with Crippen molar-refractivity contribution in [2.45, 2.75) is 19.8 Å². The van der Waals surface area contributed by atoms with Crippen LogP contribution in [0.1, 0.15) is 18.9 Å². The van der Waals surface area contributed by atoms with Gasteiger partial charge in [-0.2, -0.15) is 0 Å². The molecule has 174 valence electrons. The van der Waals surface area contributed by atoms with Gasteiger partial charge >= 0.3 is 0 Å². The number of nitrogens with one attached hydrogen (secondary N) is 1. The Morgan fingerprint density at radius 2 is 1.81 bits per heavy atom. The van der Waals surface area contributed by atoms with Crippen LogP contribution in [0.3, 0.4) is 0 Å². The maximum Gasteiger partial charge on any atom is 0.193 e. The first kappa shape index (κ1) is 23.5. The lowest BCUT2D eigenvalue weighted by atomic mass is 10.1. The van der Waals surface area contributed by atoms with E-state index in [-0.39, 0.29) is 0 Å². The van der Waals surface area contributed by atoms with Crippen molar-refractivity contribution in [2.24, 2.45) is 10.9 Å². The van der Waals surface area contributed by atoms with Crippen LogP contribution in [0.25, 0.3) is 0 Å². The van der Waals surface area contributed by atoms with Gasteiger partial charge in [0.15, 0.2) is 5.96 Å². The summed E-state index contributed by atoms with van der Waals surface area (Å²) in [6.45, 7) is 10.7. The van der Waals surface area contributed by atoms with E-state index < -0.39 is 0 Å². The van der Waals surface area contributed by atoms with E-state index >= 15 is 0 Å². The Labute approximate surface area is 186 Å². The van der Waals surface area contributed by atoms with Crippen LogP contribution in [0.4, 0.5) is 0 Å². The number of aliphatic imine (C=N–C) groups is 1. The zero-order chi connectivity index (χ0) is 22.1.